The topological polar surface area (TPSA) is 125 Å². The standard InChI is InChI=1S/C22H25F2N9O2/c1-30-4-2-3-16(30)22(35)32-7-5-31(6-8-32)18-14(24)10-26-11-15(18)28-21(34)17-19(25)29-33-12-13(23)9-27-20(17)33/h9-12,16H,2-8H2,1H3,(H2,25,29)(H,28,34)/t16-/m0/s1. The zero-order chi connectivity index (χ0) is 24.7. The number of carbonyl (C=O) groups excluding carboxylic acids is 2. The maximum atomic E-state index is 14.9. The smallest absolute Gasteiger partial charge is 0.263 e. The van der Waals surface area contributed by atoms with Gasteiger partial charge in [0.2, 0.25) is 5.91 Å². The van der Waals surface area contributed by atoms with Crippen molar-refractivity contribution in [2.75, 3.05) is 55.7 Å². The zero-order valence-corrected chi connectivity index (χ0v) is 19.1. The molecule has 13 heteroatoms. The number of amides is 2. The molecule has 0 unspecified atom stereocenters. The summed E-state index contributed by atoms with van der Waals surface area (Å²) in [5, 5.41) is 6.57. The third-order valence-corrected chi connectivity index (χ3v) is 6.53. The molecule has 5 rings (SSSR count). The third kappa shape index (κ3) is 4.22. The van der Waals surface area contributed by atoms with E-state index in [9.17, 15) is 18.4 Å². The van der Waals surface area contributed by atoms with E-state index < -0.39 is 17.5 Å². The second-order valence-electron chi connectivity index (χ2n) is 8.72. The molecule has 2 fully saturated rings. The van der Waals surface area contributed by atoms with Crippen LogP contribution in [-0.2, 0) is 4.79 Å². The van der Waals surface area contributed by atoms with E-state index in [1.54, 1.807) is 4.90 Å². The average Bonchev–Trinajstić information content (AvgIpc) is 3.40. The largest absolute Gasteiger partial charge is 0.381 e. The number of aromatic nitrogens is 4. The molecule has 2 amide bonds. The normalized spacial score (nSPS) is 18.9. The Kier molecular flexibility index (Phi) is 5.93. The van der Waals surface area contributed by atoms with Gasteiger partial charge in [0.1, 0.15) is 11.3 Å². The van der Waals surface area contributed by atoms with Crippen molar-refractivity contribution in [2.45, 2.75) is 18.9 Å². The first-order chi connectivity index (χ1) is 16.8. The number of halogens is 2. The van der Waals surface area contributed by atoms with Crippen molar-refractivity contribution in [3.05, 3.63) is 42.0 Å². The number of pyridine rings is 1. The molecule has 2 aliphatic rings. The monoisotopic (exact) mass is 485 g/mol. The maximum Gasteiger partial charge on any atom is 0.263 e. The number of piperazine rings is 1. The van der Waals surface area contributed by atoms with E-state index in [0.29, 0.717) is 26.2 Å². The van der Waals surface area contributed by atoms with Crippen LogP contribution >= 0.6 is 0 Å². The Hall–Kier alpha value is -3.87. The lowest BCUT2D eigenvalue weighted by atomic mass is 10.1. The highest BCUT2D eigenvalue weighted by atomic mass is 19.1. The quantitative estimate of drug-likeness (QED) is 0.560. The summed E-state index contributed by atoms with van der Waals surface area (Å²) < 4.78 is 29.5. The summed E-state index contributed by atoms with van der Waals surface area (Å²) in [6.07, 6.45) is 6.26. The highest BCUT2D eigenvalue weighted by Crippen LogP contribution is 2.31. The number of hydrogen-bond acceptors (Lipinski definition) is 8. The van der Waals surface area contributed by atoms with Gasteiger partial charge in [-0.25, -0.2) is 18.3 Å². The van der Waals surface area contributed by atoms with Crippen LogP contribution in [0.15, 0.2) is 24.8 Å². The van der Waals surface area contributed by atoms with Gasteiger partial charge in [-0.05, 0) is 26.4 Å². The first-order valence-corrected chi connectivity index (χ1v) is 11.3. The Balaban J connectivity index is 1.34. The molecular formula is C22H25F2N9O2. The lowest BCUT2D eigenvalue weighted by Crippen LogP contribution is -2.53. The molecule has 3 aromatic rings. The van der Waals surface area contributed by atoms with Gasteiger partial charge in [0.05, 0.1) is 36.5 Å². The van der Waals surface area contributed by atoms with Gasteiger partial charge in [0.15, 0.2) is 23.1 Å². The second-order valence-corrected chi connectivity index (χ2v) is 8.72. The Morgan fingerprint density at radius 1 is 1.11 bits per heavy atom. The van der Waals surface area contributed by atoms with Gasteiger partial charge in [0, 0.05) is 26.2 Å². The van der Waals surface area contributed by atoms with Crippen LogP contribution < -0.4 is 16.0 Å². The zero-order valence-electron chi connectivity index (χ0n) is 19.1. The molecule has 0 radical (unpaired) electrons. The van der Waals surface area contributed by atoms with E-state index in [4.69, 9.17) is 5.73 Å². The number of anilines is 3. The summed E-state index contributed by atoms with van der Waals surface area (Å²) in [4.78, 5) is 39.4. The van der Waals surface area contributed by atoms with Gasteiger partial charge in [0.25, 0.3) is 5.91 Å². The molecule has 0 spiro atoms. The second kappa shape index (κ2) is 9.06. The minimum atomic E-state index is -0.677. The van der Waals surface area contributed by atoms with Crippen molar-refractivity contribution in [2.24, 2.45) is 0 Å². The minimum Gasteiger partial charge on any atom is -0.381 e. The van der Waals surface area contributed by atoms with Gasteiger partial charge in [-0.2, -0.15) is 0 Å². The average molecular weight is 485 g/mol. The van der Waals surface area contributed by atoms with Crippen molar-refractivity contribution in [3.63, 3.8) is 0 Å². The molecule has 2 aliphatic heterocycles. The Morgan fingerprint density at radius 3 is 2.60 bits per heavy atom. The summed E-state index contributed by atoms with van der Waals surface area (Å²) in [6.45, 7) is 2.57. The maximum absolute atomic E-state index is 14.9. The molecule has 3 aromatic heterocycles. The lowest BCUT2D eigenvalue weighted by molar-refractivity contribution is -0.135. The van der Waals surface area contributed by atoms with Crippen molar-refractivity contribution in [1.29, 1.82) is 0 Å². The molecule has 0 aliphatic carbocycles. The molecule has 0 bridgehead atoms. The Labute approximate surface area is 199 Å². The van der Waals surface area contributed by atoms with Gasteiger partial charge < -0.3 is 20.9 Å². The number of nitrogens with two attached hydrogens (primary N) is 1. The van der Waals surface area contributed by atoms with Crippen LogP contribution in [0.3, 0.4) is 0 Å². The fourth-order valence-electron chi connectivity index (χ4n) is 4.76. The minimum absolute atomic E-state index is 0.0590. The summed E-state index contributed by atoms with van der Waals surface area (Å²) in [5.41, 5.74) is 6.20. The van der Waals surface area contributed by atoms with Crippen LogP contribution in [0.4, 0.5) is 26.0 Å². The van der Waals surface area contributed by atoms with Crippen molar-refractivity contribution in [3.8, 4) is 0 Å². The molecule has 5 heterocycles. The molecule has 0 saturated carbocycles. The number of nitrogens with one attached hydrogen (secondary N) is 1. The number of nitrogens with zero attached hydrogens (tertiary/aromatic N) is 7. The van der Waals surface area contributed by atoms with E-state index in [1.807, 2.05) is 11.9 Å². The van der Waals surface area contributed by atoms with Gasteiger partial charge in [-0.15, -0.1) is 5.10 Å². The number of fused-ring (bicyclic) bond motifs is 1. The fraction of sp³-hybridized carbons (Fsp3) is 0.409. The van der Waals surface area contributed by atoms with Crippen LogP contribution in [0, 0.1) is 11.6 Å². The van der Waals surface area contributed by atoms with E-state index in [2.05, 4.69) is 25.3 Å². The number of likely N-dealkylation sites (tertiary alicyclic amines) is 1. The van der Waals surface area contributed by atoms with Crippen molar-refractivity contribution >= 4 is 34.7 Å². The number of nitrogen functional groups attached to an aromatic ring is 1. The summed E-state index contributed by atoms with van der Waals surface area (Å²) >= 11 is 0. The first kappa shape index (κ1) is 22.9. The van der Waals surface area contributed by atoms with Crippen LogP contribution in [0.5, 0.6) is 0 Å². The molecular weight excluding hydrogens is 460 g/mol. The molecule has 11 nitrogen and oxygen atoms in total. The molecule has 35 heavy (non-hydrogen) atoms. The van der Waals surface area contributed by atoms with E-state index in [-0.39, 0.29) is 40.4 Å². The highest BCUT2D eigenvalue weighted by molar-refractivity contribution is 6.12. The predicted molar refractivity (Wildman–Crippen MR) is 124 cm³/mol. The van der Waals surface area contributed by atoms with Crippen molar-refractivity contribution < 1.29 is 18.4 Å². The summed E-state index contributed by atoms with van der Waals surface area (Å²) in [6, 6.07) is -0.104. The number of carbonyl (C=O) groups is 2. The van der Waals surface area contributed by atoms with E-state index in [0.717, 1.165) is 42.5 Å². The first-order valence-electron chi connectivity index (χ1n) is 11.3. The van der Waals surface area contributed by atoms with Crippen LogP contribution in [0.25, 0.3) is 5.65 Å². The molecule has 3 N–H and O–H groups in total. The van der Waals surface area contributed by atoms with Crippen LogP contribution in [0.2, 0.25) is 0 Å². The van der Waals surface area contributed by atoms with Crippen LogP contribution in [-0.4, -0.2) is 87.0 Å². The summed E-state index contributed by atoms with van der Waals surface area (Å²) in [7, 11) is 1.95. The Bertz CT molecular complexity index is 1290. The SMILES string of the molecule is CN1CCC[C@H]1C(=O)N1CCN(c2c(F)cncc2NC(=O)c2c(N)nn3cc(F)cnc23)CC1. The van der Waals surface area contributed by atoms with Gasteiger partial charge in [-0.3, -0.25) is 19.5 Å². The van der Waals surface area contributed by atoms with E-state index >= 15 is 0 Å². The number of hydrogen-bond donors (Lipinski definition) is 2. The molecule has 184 valence electrons. The lowest BCUT2D eigenvalue weighted by Gasteiger charge is -2.38. The van der Waals surface area contributed by atoms with Gasteiger partial charge in [-0.1, -0.05) is 0 Å². The fourth-order valence-corrected chi connectivity index (χ4v) is 4.76. The summed E-state index contributed by atoms with van der Waals surface area (Å²) in [5.74, 6) is -1.97. The highest BCUT2D eigenvalue weighted by Gasteiger charge is 2.33. The van der Waals surface area contributed by atoms with Crippen LogP contribution in [0.1, 0.15) is 23.2 Å². The number of likely N-dealkylation sites (N-methyl/N-ethyl adjacent to an activating group) is 1. The molecule has 1 atom stereocenters. The van der Waals surface area contributed by atoms with Gasteiger partial charge >= 0.3 is 0 Å². The third-order valence-electron chi connectivity index (χ3n) is 6.53. The predicted octanol–water partition coefficient (Wildman–Crippen LogP) is 0.980. The van der Waals surface area contributed by atoms with E-state index in [1.165, 1.54) is 6.20 Å². The molecule has 0 aromatic carbocycles. The Morgan fingerprint density at radius 2 is 1.89 bits per heavy atom. The number of rotatable bonds is 4. The molecule has 2 saturated heterocycles. The van der Waals surface area contributed by atoms with Crippen molar-refractivity contribution in [1.82, 2.24) is 29.4 Å².